The number of anilines is 1. The van der Waals surface area contributed by atoms with Crippen LogP contribution in [-0.2, 0) is 0 Å². The number of carbonyl (C=O) groups excluding carboxylic acids is 1. The molecule has 0 unspecified atom stereocenters. The summed E-state index contributed by atoms with van der Waals surface area (Å²) in [5, 5.41) is 8.26. The van der Waals surface area contributed by atoms with E-state index in [-0.39, 0.29) is 12.1 Å². The molecule has 2 aromatic rings. The van der Waals surface area contributed by atoms with Crippen LogP contribution in [0.3, 0.4) is 0 Å². The molecule has 3 rings (SSSR count). The third-order valence-corrected chi connectivity index (χ3v) is 4.09. The summed E-state index contributed by atoms with van der Waals surface area (Å²) in [6.07, 6.45) is 2.03. The van der Waals surface area contributed by atoms with Crippen molar-refractivity contribution in [2.45, 2.75) is 18.9 Å². The second-order valence-corrected chi connectivity index (χ2v) is 5.70. The van der Waals surface area contributed by atoms with E-state index in [4.69, 9.17) is 0 Å². The van der Waals surface area contributed by atoms with Gasteiger partial charge in [0, 0.05) is 11.4 Å². The Bertz CT molecular complexity index is 627. The molecule has 1 aliphatic heterocycles. The lowest BCUT2D eigenvalue weighted by Gasteiger charge is -2.29. The molecule has 0 aromatic heterocycles. The van der Waals surface area contributed by atoms with Gasteiger partial charge in [0.15, 0.2) is 0 Å². The lowest BCUT2D eigenvalue weighted by Crippen LogP contribution is -2.44. The van der Waals surface area contributed by atoms with Crippen molar-refractivity contribution in [2.24, 2.45) is 0 Å². The average molecular weight is 283 g/mol. The highest BCUT2D eigenvalue weighted by Gasteiger charge is 2.18. The molecule has 0 atom stereocenters. The first-order chi connectivity index (χ1) is 10.2. The molecule has 110 valence electrons. The van der Waals surface area contributed by atoms with E-state index in [1.807, 2.05) is 30.3 Å². The molecule has 2 amide bonds. The number of fused-ring (bicyclic) bond motifs is 1. The molecule has 2 aromatic carbocycles. The Morgan fingerprint density at radius 3 is 2.62 bits per heavy atom. The molecule has 2 N–H and O–H groups in total. The summed E-state index contributed by atoms with van der Waals surface area (Å²) in [7, 11) is 2.12. The number of hydrogen-bond acceptors (Lipinski definition) is 2. The quantitative estimate of drug-likeness (QED) is 0.889. The van der Waals surface area contributed by atoms with Gasteiger partial charge in [0.2, 0.25) is 0 Å². The number of piperidine rings is 1. The minimum absolute atomic E-state index is 0.110. The van der Waals surface area contributed by atoms with Crippen molar-refractivity contribution < 1.29 is 4.79 Å². The van der Waals surface area contributed by atoms with Gasteiger partial charge in [-0.3, -0.25) is 0 Å². The molecule has 4 nitrogen and oxygen atoms in total. The number of nitrogens with zero attached hydrogens (tertiary/aromatic N) is 1. The monoisotopic (exact) mass is 283 g/mol. The summed E-state index contributed by atoms with van der Waals surface area (Å²) < 4.78 is 0. The maximum Gasteiger partial charge on any atom is 0.319 e. The van der Waals surface area contributed by atoms with Gasteiger partial charge in [-0.25, -0.2) is 4.79 Å². The summed E-state index contributed by atoms with van der Waals surface area (Å²) >= 11 is 0. The number of amides is 2. The van der Waals surface area contributed by atoms with Gasteiger partial charge in [-0.2, -0.15) is 0 Å². The van der Waals surface area contributed by atoms with Crippen molar-refractivity contribution in [3.63, 3.8) is 0 Å². The van der Waals surface area contributed by atoms with Crippen LogP contribution in [0.15, 0.2) is 42.5 Å². The summed E-state index contributed by atoms with van der Waals surface area (Å²) in [6.45, 7) is 2.08. The van der Waals surface area contributed by atoms with E-state index in [0.29, 0.717) is 0 Å². The Labute approximate surface area is 125 Å². The van der Waals surface area contributed by atoms with Gasteiger partial charge in [-0.15, -0.1) is 0 Å². The highest BCUT2D eigenvalue weighted by molar-refractivity contribution is 6.01. The lowest BCUT2D eigenvalue weighted by molar-refractivity contribution is 0.221. The predicted molar refractivity (Wildman–Crippen MR) is 86.6 cm³/mol. The molecular weight excluding hydrogens is 262 g/mol. The van der Waals surface area contributed by atoms with Crippen LogP contribution in [0.2, 0.25) is 0 Å². The molecule has 4 heteroatoms. The maximum absolute atomic E-state index is 12.2. The van der Waals surface area contributed by atoms with Crippen molar-refractivity contribution in [1.29, 1.82) is 0 Å². The summed E-state index contributed by atoms with van der Waals surface area (Å²) in [5.41, 5.74) is 0.860. The van der Waals surface area contributed by atoms with Crippen LogP contribution in [0.25, 0.3) is 10.8 Å². The van der Waals surface area contributed by atoms with Crippen molar-refractivity contribution in [1.82, 2.24) is 10.2 Å². The summed E-state index contributed by atoms with van der Waals surface area (Å²) in [6, 6.07) is 14.2. The van der Waals surface area contributed by atoms with Crippen molar-refractivity contribution in [2.75, 3.05) is 25.5 Å². The van der Waals surface area contributed by atoms with Crippen LogP contribution >= 0.6 is 0 Å². The van der Waals surface area contributed by atoms with Crippen molar-refractivity contribution in [3.8, 4) is 0 Å². The van der Waals surface area contributed by atoms with Crippen LogP contribution in [-0.4, -0.2) is 37.1 Å². The largest absolute Gasteiger partial charge is 0.335 e. The molecule has 0 saturated carbocycles. The lowest BCUT2D eigenvalue weighted by atomic mass is 10.1. The number of nitrogens with one attached hydrogen (secondary N) is 2. The minimum Gasteiger partial charge on any atom is -0.335 e. The summed E-state index contributed by atoms with van der Waals surface area (Å²) in [5.74, 6) is 0. The zero-order chi connectivity index (χ0) is 14.7. The normalized spacial score (nSPS) is 16.8. The molecule has 0 bridgehead atoms. The maximum atomic E-state index is 12.2. The second kappa shape index (κ2) is 6.14. The van der Waals surface area contributed by atoms with Crippen molar-refractivity contribution >= 4 is 22.5 Å². The zero-order valence-corrected chi connectivity index (χ0v) is 12.3. The molecule has 0 spiro atoms. The predicted octanol–water partition coefficient (Wildman–Crippen LogP) is 3.06. The number of likely N-dealkylation sites (tertiary alicyclic amines) is 1. The zero-order valence-electron chi connectivity index (χ0n) is 12.3. The molecule has 1 aliphatic rings. The number of hydrogen-bond donors (Lipinski definition) is 2. The van der Waals surface area contributed by atoms with Gasteiger partial charge in [0.05, 0.1) is 5.69 Å². The van der Waals surface area contributed by atoms with Crippen LogP contribution in [0.4, 0.5) is 10.5 Å². The Balaban J connectivity index is 1.66. The Kier molecular flexibility index (Phi) is 4.06. The fraction of sp³-hybridized carbons (Fsp3) is 0.353. The van der Waals surface area contributed by atoms with Crippen molar-refractivity contribution in [3.05, 3.63) is 42.5 Å². The first-order valence-electron chi connectivity index (χ1n) is 7.46. The van der Waals surface area contributed by atoms with Crippen LogP contribution < -0.4 is 10.6 Å². The van der Waals surface area contributed by atoms with Crippen LogP contribution in [0.5, 0.6) is 0 Å². The van der Waals surface area contributed by atoms with E-state index in [9.17, 15) is 4.79 Å². The van der Waals surface area contributed by atoms with E-state index < -0.39 is 0 Å². The molecular formula is C17H21N3O. The van der Waals surface area contributed by atoms with Crippen LogP contribution in [0, 0.1) is 0 Å². The van der Waals surface area contributed by atoms with E-state index in [1.54, 1.807) is 0 Å². The van der Waals surface area contributed by atoms with E-state index in [1.165, 1.54) is 0 Å². The second-order valence-electron chi connectivity index (χ2n) is 5.70. The van der Waals surface area contributed by atoms with Gasteiger partial charge in [-0.1, -0.05) is 36.4 Å². The molecule has 21 heavy (non-hydrogen) atoms. The number of benzene rings is 2. The Hall–Kier alpha value is -2.07. The number of rotatable bonds is 2. The SMILES string of the molecule is CN1CCC(NC(=O)Nc2cccc3ccccc23)CC1. The number of carbonyl (C=O) groups is 1. The average Bonchev–Trinajstić information content (AvgIpc) is 2.50. The molecule has 0 radical (unpaired) electrons. The minimum atomic E-state index is -0.110. The molecule has 1 saturated heterocycles. The van der Waals surface area contributed by atoms with Gasteiger partial charge in [-0.05, 0) is 44.4 Å². The van der Waals surface area contributed by atoms with Gasteiger partial charge >= 0.3 is 6.03 Å². The Morgan fingerprint density at radius 2 is 1.81 bits per heavy atom. The number of urea groups is 1. The first-order valence-corrected chi connectivity index (χ1v) is 7.46. The standard InChI is InChI=1S/C17H21N3O/c1-20-11-9-14(10-12-20)18-17(21)19-16-8-4-6-13-5-2-3-7-15(13)16/h2-8,14H,9-12H2,1H3,(H2,18,19,21). The van der Waals surface area contributed by atoms with E-state index in [0.717, 1.165) is 42.4 Å². The highest BCUT2D eigenvalue weighted by Crippen LogP contribution is 2.22. The smallest absolute Gasteiger partial charge is 0.319 e. The molecule has 0 aliphatic carbocycles. The fourth-order valence-corrected chi connectivity index (χ4v) is 2.83. The van der Waals surface area contributed by atoms with E-state index in [2.05, 4.69) is 34.7 Å². The first kappa shape index (κ1) is 13.9. The van der Waals surface area contributed by atoms with Gasteiger partial charge in [0.25, 0.3) is 0 Å². The molecule has 1 heterocycles. The fourth-order valence-electron chi connectivity index (χ4n) is 2.83. The van der Waals surface area contributed by atoms with E-state index >= 15 is 0 Å². The van der Waals surface area contributed by atoms with Gasteiger partial charge in [0.1, 0.15) is 0 Å². The highest BCUT2D eigenvalue weighted by atomic mass is 16.2. The summed E-state index contributed by atoms with van der Waals surface area (Å²) in [4.78, 5) is 14.5. The van der Waals surface area contributed by atoms with Gasteiger partial charge < -0.3 is 15.5 Å². The Morgan fingerprint density at radius 1 is 1.10 bits per heavy atom. The topological polar surface area (TPSA) is 44.4 Å². The molecule has 1 fully saturated rings. The van der Waals surface area contributed by atoms with Crippen LogP contribution in [0.1, 0.15) is 12.8 Å². The third kappa shape index (κ3) is 3.34. The third-order valence-electron chi connectivity index (χ3n) is 4.09.